The van der Waals surface area contributed by atoms with E-state index >= 15 is 0 Å². The molecule has 0 radical (unpaired) electrons. The van der Waals surface area contributed by atoms with Gasteiger partial charge in [0.25, 0.3) is 5.91 Å². The van der Waals surface area contributed by atoms with Crippen LogP contribution in [0.3, 0.4) is 0 Å². The molecule has 0 saturated carbocycles. The van der Waals surface area contributed by atoms with E-state index in [1.807, 2.05) is 16.7 Å². The molecule has 1 aromatic rings. The highest BCUT2D eigenvalue weighted by Gasteiger charge is 2.24. The molecule has 1 aliphatic rings. The molecule has 0 aromatic carbocycles. The lowest BCUT2D eigenvalue weighted by atomic mass is 10.2. The third-order valence-corrected chi connectivity index (χ3v) is 5.60. The van der Waals surface area contributed by atoms with Gasteiger partial charge in [0.1, 0.15) is 4.88 Å². The molecule has 110 valence electrons. The fourth-order valence-electron chi connectivity index (χ4n) is 2.38. The largest absolute Gasteiger partial charge is 0.477 e. The van der Waals surface area contributed by atoms with Crippen molar-refractivity contribution in [3.63, 3.8) is 0 Å². The molecule has 1 amide bonds. The summed E-state index contributed by atoms with van der Waals surface area (Å²) in [5.74, 6) is 0.0740. The minimum atomic E-state index is -0.968. The second-order valence-corrected chi connectivity index (χ2v) is 7.45. The molecule has 0 spiro atoms. The first kappa shape index (κ1) is 15.4. The maximum absolute atomic E-state index is 12.5. The zero-order valence-corrected chi connectivity index (χ0v) is 13.1. The lowest BCUT2D eigenvalue weighted by molar-refractivity contribution is 0.0701. The molecule has 0 bridgehead atoms. The number of amides is 1. The van der Waals surface area contributed by atoms with Gasteiger partial charge in [0, 0.05) is 18.3 Å². The van der Waals surface area contributed by atoms with Crippen molar-refractivity contribution in [2.75, 3.05) is 18.8 Å². The zero-order chi connectivity index (χ0) is 14.5. The van der Waals surface area contributed by atoms with Gasteiger partial charge in [0.2, 0.25) is 0 Å². The average molecular weight is 313 g/mol. The fourth-order valence-corrected chi connectivity index (χ4v) is 4.29. The Kier molecular flexibility index (Phi) is 5.48. The van der Waals surface area contributed by atoms with Crippen LogP contribution in [0.25, 0.3) is 0 Å². The smallest absolute Gasteiger partial charge is 0.345 e. The first-order chi connectivity index (χ1) is 9.61. The molecule has 1 unspecified atom stereocenters. The number of carbonyl (C=O) groups excluding carboxylic acids is 1. The van der Waals surface area contributed by atoms with Gasteiger partial charge >= 0.3 is 5.97 Å². The lowest BCUT2D eigenvalue weighted by Crippen LogP contribution is -2.35. The number of hydrogen-bond donors (Lipinski definition) is 1. The van der Waals surface area contributed by atoms with Crippen molar-refractivity contribution in [2.24, 2.45) is 0 Å². The maximum atomic E-state index is 12.5. The number of nitrogens with zero attached hydrogens (tertiary/aromatic N) is 1. The quantitative estimate of drug-likeness (QED) is 0.927. The minimum absolute atomic E-state index is 0.0221. The van der Waals surface area contributed by atoms with E-state index in [0.717, 1.165) is 49.4 Å². The van der Waals surface area contributed by atoms with Gasteiger partial charge in [-0.3, -0.25) is 4.79 Å². The standard InChI is InChI=1S/C14H19NO3S2/c1-2-19-10-5-3-4-8-15(9-10)13(16)11-6-7-12(20-11)14(17)18/h6-7,10H,2-5,8-9H2,1H3,(H,17,18). The van der Waals surface area contributed by atoms with Crippen LogP contribution in [0.15, 0.2) is 12.1 Å². The van der Waals surface area contributed by atoms with Gasteiger partial charge in [-0.1, -0.05) is 13.3 Å². The molecule has 1 saturated heterocycles. The Hall–Kier alpha value is -1.01. The van der Waals surface area contributed by atoms with Crippen LogP contribution in [0.1, 0.15) is 45.5 Å². The van der Waals surface area contributed by atoms with E-state index in [-0.39, 0.29) is 10.8 Å². The van der Waals surface area contributed by atoms with E-state index < -0.39 is 5.97 Å². The maximum Gasteiger partial charge on any atom is 0.345 e. The highest BCUT2D eigenvalue weighted by atomic mass is 32.2. The van der Waals surface area contributed by atoms with E-state index in [4.69, 9.17) is 5.11 Å². The SMILES string of the molecule is CCSC1CCCCN(C(=O)c2ccc(C(=O)O)s2)C1. The molecular weight excluding hydrogens is 294 g/mol. The van der Waals surface area contributed by atoms with Gasteiger partial charge in [-0.25, -0.2) is 4.79 Å². The summed E-state index contributed by atoms with van der Waals surface area (Å²) in [5.41, 5.74) is 0. The van der Waals surface area contributed by atoms with Gasteiger partial charge in [-0.2, -0.15) is 11.8 Å². The summed E-state index contributed by atoms with van der Waals surface area (Å²) in [6.07, 6.45) is 3.35. The van der Waals surface area contributed by atoms with Crippen molar-refractivity contribution < 1.29 is 14.7 Å². The number of thiophene rings is 1. The monoisotopic (exact) mass is 313 g/mol. The summed E-state index contributed by atoms with van der Waals surface area (Å²) < 4.78 is 0. The van der Waals surface area contributed by atoms with Gasteiger partial charge in [-0.15, -0.1) is 11.3 Å². The number of rotatable bonds is 4. The Morgan fingerprint density at radius 2 is 2.15 bits per heavy atom. The van der Waals surface area contributed by atoms with Gasteiger partial charge < -0.3 is 10.0 Å². The molecule has 2 rings (SSSR count). The number of carbonyl (C=O) groups is 2. The Bertz CT molecular complexity index is 487. The van der Waals surface area contributed by atoms with Crippen molar-refractivity contribution in [3.05, 3.63) is 21.9 Å². The van der Waals surface area contributed by atoms with E-state index in [1.54, 1.807) is 6.07 Å². The number of carboxylic acid groups (broad SMARTS) is 1. The van der Waals surface area contributed by atoms with Crippen LogP contribution in [-0.4, -0.2) is 46.0 Å². The average Bonchev–Trinajstić information content (AvgIpc) is 2.80. The van der Waals surface area contributed by atoms with Crippen molar-refractivity contribution in [3.8, 4) is 0 Å². The molecular formula is C14H19NO3S2. The summed E-state index contributed by atoms with van der Waals surface area (Å²) >= 11 is 2.97. The summed E-state index contributed by atoms with van der Waals surface area (Å²) in [5, 5.41) is 9.43. The minimum Gasteiger partial charge on any atom is -0.477 e. The van der Waals surface area contributed by atoms with E-state index in [0.29, 0.717) is 10.1 Å². The number of carboxylic acids is 1. The molecule has 2 heterocycles. The normalized spacial score (nSPS) is 19.6. The summed E-state index contributed by atoms with van der Waals surface area (Å²) in [7, 11) is 0. The van der Waals surface area contributed by atoms with Crippen LogP contribution in [0.2, 0.25) is 0 Å². The number of hydrogen-bond acceptors (Lipinski definition) is 4. The summed E-state index contributed by atoms with van der Waals surface area (Å²) in [6.45, 7) is 3.69. The molecule has 6 heteroatoms. The van der Waals surface area contributed by atoms with Crippen molar-refractivity contribution in [1.82, 2.24) is 4.90 Å². The van der Waals surface area contributed by atoms with Crippen LogP contribution < -0.4 is 0 Å². The second-order valence-electron chi connectivity index (χ2n) is 4.79. The highest BCUT2D eigenvalue weighted by Crippen LogP contribution is 2.25. The van der Waals surface area contributed by atoms with Gasteiger partial charge in [-0.05, 0) is 30.7 Å². The zero-order valence-electron chi connectivity index (χ0n) is 11.5. The van der Waals surface area contributed by atoms with Crippen LogP contribution in [0.5, 0.6) is 0 Å². The predicted octanol–water partition coefficient (Wildman–Crippen LogP) is 3.19. The first-order valence-corrected chi connectivity index (χ1v) is 8.72. The topological polar surface area (TPSA) is 57.6 Å². The highest BCUT2D eigenvalue weighted by molar-refractivity contribution is 7.99. The van der Waals surface area contributed by atoms with Crippen LogP contribution >= 0.6 is 23.1 Å². The lowest BCUT2D eigenvalue weighted by Gasteiger charge is -2.23. The summed E-state index contributed by atoms with van der Waals surface area (Å²) in [4.78, 5) is 26.0. The molecule has 1 atom stereocenters. The number of likely N-dealkylation sites (tertiary alicyclic amines) is 1. The first-order valence-electron chi connectivity index (χ1n) is 6.85. The molecule has 1 aromatic heterocycles. The molecule has 1 N–H and O–H groups in total. The van der Waals surface area contributed by atoms with Gasteiger partial charge in [0.15, 0.2) is 0 Å². The molecule has 1 aliphatic heterocycles. The molecule has 0 aliphatic carbocycles. The predicted molar refractivity (Wildman–Crippen MR) is 83.0 cm³/mol. The van der Waals surface area contributed by atoms with E-state index in [1.165, 1.54) is 6.07 Å². The third kappa shape index (κ3) is 3.76. The molecule has 1 fully saturated rings. The second kappa shape index (κ2) is 7.13. The van der Waals surface area contributed by atoms with Crippen molar-refractivity contribution in [1.29, 1.82) is 0 Å². The Morgan fingerprint density at radius 3 is 2.80 bits per heavy atom. The third-order valence-electron chi connectivity index (χ3n) is 3.35. The van der Waals surface area contributed by atoms with E-state index in [2.05, 4.69) is 6.92 Å². The van der Waals surface area contributed by atoms with E-state index in [9.17, 15) is 9.59 Å². The molecule has 20 heavy (non-hydrogen) atoms. The number of thioether (sulfide) groups is 1. The summed E-state index contributed by atoms with van der Waals surface area (Å²) in [6, 6.07) is 3.14. The molecule has 4 nitrogen and oxygen atoms in total. The van der Waals surface area contributed by atoms with Crippen molar-refractivity contribution in [2.45, 2.75) is 31.4 Å². The Labute approximate surface area is 127 Å². The Balaban J connectivity index is 2.07. The fraction of sp³-hybridized carbons (Fsp3) is 0.571. The van der Waals surface area contributed by atoms with Crippen LogP contribution in [-0.2, 0) is 0 Å². The van der Waals surface area contributed by atoms with Gasteiger partial charge in [0.05, 0.1) is 4.88 Å². The van der Waals surface area contributed by atoms with Crippen molar-refractivity contribution >= 4 is 35.0 Å². The number of aromatic carboxylic acids is 1. The van der Waals surface area contributed by atoms with Crippen LogP contribution in [0, 0.1) is 0 Å². The Morgan fingerprint density at radius 1 is 1.40 bits per heavy atom. The van der Waals surface area contributed by atoms with Crippen LogP contribution in [0.4, 0.5) is 0 Å².